The minimum absolute atomic E-state index is 0.0969. The molecule has 4 saturated heterocycles. The van der Waals surface area contributed by atoms with Crippen LogP contribution in [-0.2, 0) is 64.3 Å². The molecule has 6 aromatic carbocycles. The minimum Gasteiger partial charge on any atom is -0.453 e. The van der Waals surface area contributed by atoms with Crippen molar-refractivity contribution in [3.05, 3.63) is 168 Å². The van der Waals surface area contributed by atoms with Crippen LogP contribution in [-0.4, -0.2) is 90.3 Å². The standard InChI is InChI=1S/C52H52N3O14P3/c1-2-17-41(18-3-1)66-55-71(53-70-54(67-48-21-10-6-15-39(48)27-58-31-44-35-62-44)72(55)69-49-22-11-7-16-40(49)28-59-32-45-36-63-45)68-51-24-12-23-50(64-46-19-8-4-13-37(46)25-56-29-42-33-60-42)52(51)65-47-20-9-5-14-38(47)26-57-30-43-34-61-43/h1-24,42-45H,25-36H2. The summed E-state index contributed by atoms with van der Waals surface area (Å²) in [6.07, 6.45) is 0.430. The van der Waals surface area contributed by atoms with E-state index in [4.69, 9.17) is 70.6 Å². The molecule has 0 amide bonds. The van der Waals surface area contributed by atoms with E-state index in [2.05, 4.69) is 0 Å². The Bertz CT molecular complexity index is 2930. The summed E-state index contributed by atoms with van der Waals surface area (Å²) in [7, 11) is -3.81. The fourth-order valence-corrected chi connectivity index (χ4v) is 12.0. The molecule has 0 spiro atoms. The molecule has 0 radical (unpaired) electrons. The van der Waals surface area contributed by atoms with Gasteiger partial charge in [-0.05, 0) is 52.8 Å². The maximum Gasteiger partial charge on any atom is 0.319 e. The Hall–Kier alpha value is -5.90. The first-order chi connectivity index (χ1) is 35.6. The lowest BCUT2D eigenvalue weighted by atomic mass is 10.2. The molecule has 17 nitrogen and oxygen atoms in total. The fraction of sp³-hybridized carbons (Fsp3) is 0.308. The van der Waals surface area contributed by atoms with E-state index in [-0.39, 0.29) is 31.0 Å². The van der Waals surface area contributed by atoms with Gasteiger partial charge in [0.1, 0.15) is 41.7 Å². The maximum absolute atomic E-state index is 7.10. The van der Waals surface area contributed by atoms with Crippen LogP contribution in [0.5, 0.6) is 46.0 Å². The molecule has 374 valence electrons. The largest absolute Gasteiger partial charge is 0.453 e. The Morgan fingerprint density at radius 2 is 0.875 bits per heavy atom. The van der Waals surface area contributed by atoms with Gasteiger partial charge in [0, 0.05) is 22.3 Å². The summed E-state index contributed by atoms with van der Waals surface area (Å²) >= 11 is 0. The molecule has 1 aromatic heterocycles. The lowest BCUT2D eigenvalue weighted by Crippen LogP contribution is -2.15. The van der Waals surface area contributed by atoms with Crippen LogP contribution in [0.2, 0.25) is 0 Å². The molecule has 4 aliphatic heterocycles. The monoisotopic (exact) mass is 1040 g/mol. The summed E-state index contributed by atoms with van der Waals surface area (Å²) in [6.45, 7) is 5.91. The van der Waals surface area contributed by atoms with E-state index in [1.54, 1.807) is 8.51 Å². The molecule has 0 bridgehead atoms. The van der Waals surface area contributed by atoms with Crippen molar-refractivity contribution in [1.29, 1.82) is 0 Å². The Morgan fingerprint density at radius 1 is 0.444 bits per heavy atom. The highest BCUT2D eigenvalue weighted by atomic mass is 31.2. The van der Waals surface area contributed by atoms with Crippen LogP contribution in [0.3, 0.4) is 0 Å². The van der Waals surface area contributed by atoms with Gasteiger partial charge in [-0.3, -0.25) is 0 Å². The predicted octanol–water partition coefficient (Wildman–Crippen LogP) is 11.0. The number of para-hydroxylation sites is 6. The second-order valence-corrected chi connectivity index (χ2v) is 21.3. The first-order valence-electron chi connectivity index (χ1n) is 23.6. The van der Waals surface area contributed by atoms with Gasteiger partial charge >= 0.3 is 16.2 Å². The van der Waals surface area contributed by atoms with Crippen molar-refractivity contribution in [2.75, 3.05) is 52.9 Å². The topological polar surface area (TPSA) is 165 Å². The third-order valence-electron chi connectivity index (χ3n) is 11.2. The summed E-state index contributed by atoms with van der Waals surface area (Å²) in [6, 6.07) is 45.8. The Balaban J connectivity index is 0.996. The third kappa shape index (κ3) is 13.6. The average molecular weight is 1040 g/mol. The van der Waals surface area contributed by atoms with Crippen molar-refractivity contribution >= 4 is 24.7 Å². The molecule has 0 aliphatic carbocycles. The van der Waals surface area contributed by atoms with Crippen molar-refractivity contribution in [1.82, 2.24) is 13.0 Å². The van der Waals surface area contributed by atoms with E-state index >= 15 is 0 Å². The number of rotatable bonds is 28. The molecular formula is C52H52N3O14P3. The first kappa shape index (κ1) is 48.4. The Morgan fingerprint density at radius 3 is 1.42 bits per heavy atom. The molecule has 6 atom stereocenters. The second kappa shape index (κ2) is 23.8. The number of aromatic nitrogens is 3. The molecule has 0 saturated carbocycles. The van der Waals surface area contributed by atoms with Crippen molar-refractivity contribution in [2.24, 2.45) is 0 Å². The molecule has 0 N–H and O–H groups in total. The Labute approximate surface area is 419 Å². The highest BCUT2D eigenvalue weighted by molar-refractivity contribution is 7.56. The fourth-order valence-electron chi connectivity index (χ4n) is 7.06. The van der Waals surface area contributed by atoms with Crippen molar-refractivity contribution < 1.29 is 66.1 Å². The van der Waals surface area contributed by atoms with Gasteiger partial charge in [-0.15, -0.1) is 4.51 Å². The van der Waals surface area contributed by atoms with Gasteiger partial charge in [-0.2, -0.15) is 0 Å². The van der Waals surface area contributed by atoms with Crippen LogP contribution in [0.25, 0.3) is 0 Å². The van der Waals surface area contributed by atoms with E-state index in [0.717, 1.165) is 22.3 Å². The van der Waals surface area contributed by atoms with E-state index in [9.17, 15) is 0 Å². The van der Waals surface area contributed by atoms with Gasteiger partial charge in [0.15, 0.2) is 31.5 Å². The van der Waals surface area contributed by atoms with E-state index < -0.39 is 16.2 Å². The van der Waals surface area contributed by atoms with Crippen molar-refractivity contribution in [3.63, 3.8) is 0 Å². The zero-order valence-corrected chi connectivity index (χ0v) is 41.7. The van der Waals surface area contributed by atoms with Gasteiger partial charge in [-0.25, -0.2) is 0 Å². The van der Waals surface area contributed by atoms with Crippen LogP contribution < -0.4 is 28.2 Å². The van der Waals surface area contributed by atoms with Crippen LogP contribution in [0.15, 0.2) is 146 Å². The summed E-state index contributed by atoms with van der Waals surface area (Å²) in [4.78, 5) is 13.6. The molecule has 4 fully saturated rings. The lowest BCUT2D eigenvalue weighted by molar-refractivity contribution is 0.101. The van der Waals surface area contributed by atoms with Gasteiger partial charge in [0.2, 0.25) is 5.75 Å². The van der Waals surface area contributed by atoms with Crippen LogP contribution in [0, 0.1) is 0 Å². The van der Waals surface area contributed by atoms with Gasteiger partial charge < -0.3 is 66.1 Å². The van der Waals surface area contributed by atoms with Crippen molar-refractivity contribution in [3.8, 4) is 46.0 Å². The molecule has 7 aromatic rings. The number of benzene rings is 6. The van der Waals surface area contributed by atoms with E-state index in [1.807, 2.05) is 146 Å². The summed E-state index contributed by atoms with van der Waals surface area (Å²) in [5.41, 5.74) is 3.31. The number of nitrogens with zero attached hydrogens (tertiary/aromatic N) is 3. The molecular weight excluding hydrogens is 984 g/mol. The highest BCUT2D eigenvalue weighted by Gasteiger charge is 2.28. The maximum atomic E-state index is 7.10. The number of hydrogen-bond acceptors (Lipinski definition) is 15. The second-order valence-electron chi connectivity index (χ2n) is 17.0. The smallest absolute Gasteiger partial charge is 0.319 e. The predicted molar refractivity (Wildman–Crippen MR) is 266 cm³/mol. The molecule has 11 rings (SSSR count). The molecule has 4 aliphatic rings. The van der Waals surface area contributed by atoms with Gasteiger partial charge in [-0.1, -0.05) is 101 Å². The van der Waals surface area contributed by atoms with Crippen molar-refractivity contribution in [2.45, 2.75) is 50.8 Å². The first-order valence-corrected chi connectivity index (χ1v) is 26.7. The molecule has 5 heterocycles. The zero-order valence-electron chi connectivity index (χ0n) is 39.0. The average Bonchev–Trinajstić information content (AvgIpc) is 4.15. The van der Waals surface area contributed by atoms with Gasteiger partial charge in [0.25, 0.3) is 0 Å². The molecule has 72 heavy (non-hydrogen) atoms. The normalized spacial score (nSPS) is 18.8. The summed E-state index contributed by atoms with van der Waals surface area (Å²) in [5.74, 6) is 3.76. The van der Waals surface area contributed by atoms with E-state index in [0.29, 0.717) is 127 Å². The molecule has 6 unspecified atom stereocenters. The van der Waals surface area contributed by atoms with E-state index in [1.165, 1.54) is 0 Å². The molecule has 20 heteroatoms. The lowest BCUT2D eigenvalue weighted by Gasteiger charge is -2.23. The number of epoxide rings is 4. The Kier molecular flexibility index (Phi) is 16.0. The highest BCUT2D eigenvalue weighted by Crippen LogP contribution is 2.49. The quantitative estimate of drug-likeness (QED) is 0.0425. The zero-order chi connectivity index (χ0) is 48.3. The van der Waals surface area contributed by atoms with Crippen LogP contribution in [0.4, 0.5) is 0 Å². The third-order valence-corrected chi connectivity index (χ3v) is 15.8. The number of ether oxygens (including phenoxy) is 10. The SMILES string of the molecule is c1ccc(On2p(Oc3cccc(Oc4ccccc4COCC4CO4)c3Oc3ccccc3COCC3CO3)npn(Oc3ccccc3COCC3CO3)p2Oc2ccccc2COCC2CO2)cc1. The summed E-state index contributed by atoms with van der Waals surface area (Å²) < 4.78 is 82.1. The number of hydrogen-bond donors (Lipinski definition) is 0. The van der Waals surface area contributed by atoms with Crippen LogP contribution >= 0.6 is 24.7 Å². The van der Waals surface area contributed by atoms with Gasteiger partial charge in [0.05, 0.1) is 79.3 Å². The van der Waals surface area contributed by atoms with Crippen LogP contribution in [0.1, 0.15) is 22.3 Å². The minimum atomic E-state index is -2.09. The summed E-state index contributed by atoms with van der Waals surface area (Å²) in [5, 5.41) is 0.